The van der Waals surface area contributed by atoms with E-state index in [0.717, 1.165) is 16.9 Å². The molecule has 0 unspecified atom stereocenters. The van der Waals surface area contributed by atoms with Crippen LogP contribution in [0.3, 0.4) is 0 Å². The van der Waals surface area contributed by atoms with Crippen molar-refractivity contribution >= 4 is 23.3 Å². The van der Waals surface area contributed by atoms with Gasteiger partial charge in [0.1, 0.15) is 5.69 Å². The number of carbonyl (C=O) groups is 2. The standard InChI is InChI=1S/C12H11N3O.C7H9N.C5H4N2O2/c1-9-2-4-10(5-3-9)15-12(16)11-8-13-6-7-14-11;1-6-2-4-7(8)5-3-6;8-5(9)4-3-6-1-2-7-4/h2-8H,1H3,(H,15,16);2-5H,8H2,1H3;1-3H,(H,8,9). The van der Waals surface area contributed by atoms with E-state index in [4.69, 9.17) is 10.8 Å². The van der Waals surface area contributed by atoms with Gasteiger partial charge >= 0.3 is 5.97 Å². The SMILES string of the molecule is Cc1ccc(N)cc1.Cc1ccc(NC(=O)c2cnccn2)cc1.O=C(O)c1cnccn1. The largest absolute Gasteiger partial charge is 0.476 e. The lowest BCUT2D eigenvalue weighted by atomic mass is 10.2. The maximum Gasteiger partial charge on any atom is 0.356 e. The minimum Gasteiger partial charge on any atom is -0.476 e. The number of aryl methyl sites for hydroxylation is 2. The summed E-state index contributed by atoms with van der Waals surface area (Å²) < 4.78 is 0. The predicted molar refractivity (Wildman–Crippen MR) is 126 cm³/mol. The molecule has 1 amide bonds. The Kier molecular flexibility index (Phi) is 9.62. The monoisotopic (exact) mass is 444 g/mol. The van der Waals surface area contributed by atoms with Gasteiger partial charge in [0.05, 0.1) is 12.4 Å². The van der Waals surface area contributed by atoms with Crippen LogP contribution in [0.2, 0.25) is 0 Å². The van der Waals surface area contributed by atoms with Gasteiger partial charge in [-0.2, -0.15) is 0 Å². The minimum absolute atomic E-state index is 0.0301. The normalized spacial score (nSPS) is 9.39. The van der Waals surface area contributed by atoms with Gasteiger partial charge in [0.15, 0.2) is 5.69 Å². The Hall–Kier alpha value is -4.66. The summed E-state index contributed by atoms with van der Waals surface area (Å²) in [4.78, 5) is 36.6. The van der Waals surface area contributed by atoms with Gasteiger partial charge in [0.25, 0.3) is 5.91 Å². The van der Waals surface area contributed by atoms with Gasteiger partial charge in [-0.15, -0.1) is 0 Å². The molecule has 0 aliphatic heterocycles. The molecule has 9 heteroatoms. The third kappa shape index (κ3) is 9.35. The Morgan fingerprint density at radius 3 is 1.64 bits per heavy atom. The lowest BCUT2D eigenvalue weighted by Crippen LogP contribution is -2.13. The zero-order valence-corrected chi connectivity index (χ0v) is 18.2. The fourth-order valence-corrected chi connectivity index (χ4v) is 2.22. The number of amides is 1. The predicted octanol–water partition coefficient (Wildman–Crippen LogP) is 3.79. The number of nitrogens with zero attached hydrogens (tertiary/aromatic N) is 4. The van der Waals surface area contributed by atoms with Crippen LogP contribution in [0.25, 0.3) is 0 Å². The van der Waals surface area contributed by atoms with Crippen LogP contribution in [-0.4, -0.2) is 36.9 Å². The van der Waals surface area contributed by atoms with Gasteiger partial charge in [-0.05, 0) is 38.1 Å². The number of carboxylic acids is 1. The highest BCUT2D eigenvalue weighted by molar-refractivity contribution is 6.02. The highest BCUT2D eigenvalue weighted by atomic mass is 16.4. The molecule has 0 bridgehead atoms. The number of hydrogen-bond donors (Lipinski definition) is 3. The van der Waals surface area contributed by atoms with E-state index in [2.05, 4.69) is 25.3 Å². The first-order valence-electron chi connectivity index (χ1n) is 9.80. The van der Waals surface area contributed by atoms with E-state index in [1.54, 1.807) is 0 Å². The van der Waals surface area contributed by atoms with Gasteiger partial charge < -0.3 is 16.2 Å². The molecule has 2 aromatic carbocycles. The Morgan fingerprint density at radius 2 is 1.24 bits per heavy atom. The summed E-state index contributed by atoms with van der Waals surface area (Å²) in [6, 6.07) is 15.4. The summed E-state index contributed by atoms with van der Waals surface area (Å²) in [5.74, 6) is -1.31. The molecule has 0 saturated heterocycles. The van der Waals surface area contributed by atoms with Crippen LogP contribution >= 0.6 is 0 Å². The number of anilines is 2. The number of hydrogen-bond acceptors (Lipinski definition) is 7. The second kappa shape index (κ2) is 12.9. The summed E-state index contributed by atoms with van der Waals surface area (Å²) >= 11 is 0. The highest BCUT2D eigenvalue weighted by Crippen LogP contribution is 2.09. The number of benzene rings is 2. The number of carbonyl (C=O) groups excluding carboxylic acids is 1. The van der Waals surface area contributed by atoms with Crippen molar-refractivity contribution < 1.29 is 14.7 Å². The third-order valence-corrected chi connectivity index (χ3v) is 3.96. The zero-order valence-electron chi connectivity index (χ0n) is 18.2. The van der Waals surface area contributed by atoms with Crippen LogP contribution in [-0.2, 0) is 0 Å². The summed E-state index contributed by atoms with van der Waals surface area (Å²) in [6.07, 6.45) is 8.41. The molecular formula is C24H24N6O3. The van der Waals surface area contributed by atoms with E-state index >= 15 is 0 Å². The van der Waals surface area contributed by atoms with E-state index < -0.39 is 5.97 Å². The molecule has 2 aromatic heterocycles. The molecule has 168 valence electrons. The summed E-state index contributed by atoms with van der Waals surface area (Å²) in [5.41, 5.74) is 9.69. The van der Waals surface area contributed by atoms with Crippen LogP contribution in [0.4, 0.5) is 11.4 Å². The zero-order chi connectivity index (χ0) is 24.1. The minimum atomic E-state index is -1.05. The average molecular weight is 444 g/mol. The van der Waals surface area contributed by atoms with Gasteiger partial charge in [0, 0.05) is 36.2 Å². The van der Waals surface area contributed by atoms with Crippen LogP contribution in [0.15, 0.2) is 85.7 Å². The highest BCUT2D eigenvalue weighted by Gasteiger charge is 2.06. The second-order valence-corrected chi connectivity index (χ2v) is 6.72. The van der Waals surface area contributed by atoms with Crippen molar-refractivity contribution in [3.05, 3.63) is 108 Å². The molecule has 9 nitrogen and oxygen atoms in total. The van der Waals surface area contributed by atoms with Crippen molar-refractivity contribution in [1.29, 1.82) is 0 Å². The molecule has 4 aromatic rings. The maximum atomic E-state index is 11.7. The molecule has 0 fully saturated rings. The van der Waals surface area contributed by atoms with Crippen molar-refractivity contribution in [2.45, 2.75) is 13.8 Å². The first kappa shape index (κ1) is 24.6. The fraction of sp³-hybridized carbons (Fsp3) is 0.0833. The van der Waals surface area contributed by atoms with E-state index in [0.29, 0.717) is 5.69 Å². The van der Waals surface area contributed by atoms with E-state index in [9.17, 15) is 9.59 Å². The number of aromatic nitrogens is 4. The Bertz CT molecular complexity index is 1120. The number of nitrogens with one attached hydrogen (secondary N) is 1. The van der Waals surface area contributed by atoms with Gasteiger partial charge in [-0.1, -0.05) is 35.4 Å². The van der Waals surface area contributed by atoms with Crippen LogP contribution in [0, 0.1) is 13.8 Å². The summed E-state index contributed by atoms with van der Waals surface area (Å²) in [6.45, 7) is 4.04. The van der Waals surface area contributed by atoms with E-state index in [-0.39, 0.29) is 11.6 Å². The van der Waals surface area contributed by atoms with Gasteiger partial charge in [0.2, 0.25) is 0 Å². The Balaban J connectivity index is 0.000000192. The van der Waals surface area contributed by atoms with Crippen molar-refractivity contribution in [1.82, 2.24) is 19.9 Å². The quantitative estimate of drug-likeness (QED) is 0.405. The van der Waals surface area contributed by atoms with Crippen molar-refractivity contribution in [2.24, 2.45) is 0 Å². The van der Waals surface area contributed by atoms with E-state index in [1.807, 2.05) is 62.4 Å². The van der Waals surface area contributed by atoms with E-state index in [1.165, 1.54) is 42.7 Å². The molecule has 0 aliphatic carbocycles. The van der Waals surface area contributed by atoms with Crippen molar-refractivity contribution in [3.8, 4) is 0 Å². The third-order valence-electron chi connectivity index (χ3n) is 3.96. The maximum absolute atomic E-state index is 11.7. The molecule has 4 N–H and O–H groups in total. The number of nitrogen functional groups attached to an aromatic ring is 1. The van der Waals surface area contributed by atoms with Crippen molar-refractivity contribution in [3.63, 3.8) is 0 Å². The lowest BCUT2D eigenvalue weighted by Gasteiger charge is -2.04. The second-order valence-electron chi connectivity index (χ2n) is 6.72. The number of carboxylic acid groups (broad SMARTS) is 1. The van der Waals surface area contributed by atoms with Crippen LogP contribution in [0.1, 0.15) is 32.1 Å². The van der Waals surface area contributed by atoms with Gasteiger partial charge in [-0.3, -0.25) is 14.8 Å². The molecule has 0 aliphatic rings. The molecule has 33 heavy (non-hydrogen) atoms. The lowest BCUT2D eigenvalue weighted by molar-refractivity contribution is 0.0689. The van der Waals surface area contributed by atoms with Crippen LogP contribution in [0.5, 0.6) is 0 Å². The molecule has 0 spiro atoms. The van der Waals surface area contributed by atoms with Crippen LogP contribution < -0.4 is 11.1 Å². The van der Waals surface area contributed by atoms with Crippen molar-refractivity contribution in [2.75, 3.05) is 11.1 Å². The number of nitrogens with two attached hydrogens (primary N) is 1. The number of rotatable bonds is 3. The Labute approximate surface area is 191 Å². The molecule has 0 radical (unpaired) electrons. The number of aromatic carboxylic acids is 1. The molecular weight excluding hydrogens is 420 g/mol. The molecule has 0 saturated carbocycles. The average Bonchev–Trinajstić information content (AvgIpc) is 2.84. The summed E-state index contributed by atoms with van der Waals surface area (Å²) in [7, 11) is 0. The molecule has 2 heterocycles. The fourth-order valence-electron chi connectivity index (χ4n) is 2.22. The molecule has 0 atom stereocenters. The van der Waals surface area contributed by atoms with Gasteiger partial charge in [-0.25, -0.2) is 14.8 Å². The first-order valence-corrected chi connectivity index (χ1v) is 9.80. The molecule has 4 rings (SSSR count). The summed E-state index contributed by atoms with van der Waals surface area (Å²) in [5, 5.41) is 11.0. The first-order chi connectivity index (χ1) is 15.8. The smallest absolute Gasteiger partial charge is 0.356 e. The topological polar surface area (TPSA) is 144 Å². The Morgan fingerprint density at radius 1 is 0.758 bits per heavy atom.